The van der Waals surface area contributed by atoms with Gasteiger partial charge in [0.05, 0.1) is 0 Å². The second kappa shape index (κ2) is 5.98. The van der Waals surface area contributed by atoms with Crippen molar-refractivity contribution < 1.29 is 4.42 Å². The number of nitrogens with one attached hydrogen (secondary N) is 2. The molecule has 0 aliphatic heterocycles. The van der Waals surface area contributed by atoms with E-state index in [1.807, 2.05) is 13.0 Å². The zero-order valence-corrected chi connectivity index (χ0v) is 11.3. The first-order chi connectivity index (χ1) is 8.65. The van der Waals surface area contributed by atoms with Crippen LogP contribution in [-0.4, -0.2) is 24.1 Å². The van der Waals surface area contributed by atoms with E-state index < -0.39 is 0 Å². The van der Waals surface area contributed by atoms with Gasteiger partial charge in [-0.25, -0.2) is 4.98 Å². The number of hydrogen-bond acceptors (Lipinski definition) is 4. The molecule has 2 aromatic rings. The molecule has 2 rings (SSSR count). The second-order valence-corrected chi connectivity index (χ2v) is 4.82. The van der Waals surface area contributed by atoms with Gasteiger partial charge in [0.15, 0.2) is 11.5 Å². The molecule has 4 nitrogen and oxygen atoms in total. The van der Waals surface area contributed by atoms with Crippen molar-refractivity contribution in [1.82, 2.24) is 15.6 Å². The summed E-state index contributed by atoms with van der Waals surface area (Å²) >= 11 is 0. The third-order valence-corrected chi connectivity index (χ3v) is 2.74. The van der Waals surface area contributed by atoms with Crippen LogP contribution in [0.5, 0.6) is 0 Å². The quantitative estimate of drug-likeness (QED) is 0.769. The van der Waals surface area contributed by atoms with Crippen molar-refractivity contribution in [3.63, 3.8) is 0 Å². The van der Waals surface area contributed by atoms with Crippen molar-refractivity contribution in [3.8, 4) is 0 Å². The van der Waals surface area contributed by atoms with Gasteiger partial charge in [-0.05, 0) is 17.7 Å². The van der Waals surface area contributed by atoms with Crippen molar-refractivity contribution in [1.29, 1.82) is 0 Å². The highest BCUT2D eigenvalue weighted by molar-refractivity contribution is 5.73. The molecule has 1 aromatic carbocycles. The molecule has 0 fully saturated rings. The van der Waals surface area contributed by atoms with E-state index in [0.717, 1.165) is 36.6 Å². The maximum Gasteiger partial charge on any atom is 0.192 e. The largest absolute Gasteiger partial charge is 0.441 e. The third-order valence-electron chi connectivity index (χ3n) is 2.74. The van der Waals surface area contributed by atoms with Crippen LogP contribution >= 0.6 is 0 Å². The van der Waals surface area contributed by atoms with Crippen LogP contribution in [-0.2, 0) is 6.54 Å². The van der Waals surface area contributed by atoms with Gasteiger partial charge in [-0.3, -0.25) is 0 Å². The second-order valence-electron chi connectivity index (χ2n) is 4.82. The van der Waals surface area contributed by atoms with Gasteiger partial charge in [0, 0.05) is 32.6 Å². The minimum Gasteiger partial charge on any atom is -0.441 e. The van der Waals surface area contributed by atoms with Gasteiger partial charge in [-0.1, -0.05) is 19.9 Å². The number of hydrogen-bond donors (Lipinski definition) is 2. The van der Waals surface area contributed by atoms with Gasteiger partial charge in [0.25, 0.3) is 0 Å². The lowest BCUT2D eigenvalue weighted by Crippen LogP contribution is -2.31. The number of nitrogens with zero attached hydrogens (tertiary/aromatic N) is 1. The van der Waals surface area contributed by atoms with Crippen LogP contribution in [0.4, 0.5) is 0 Å². The molecule has 0 aliphatic carbocycles. The summed E-state index contributed by atoms with van der Waals surface area (Å²) in [5.41, 5.74) is 3.03. The predicted molar refractivity (Wildman–Crippen MR) is 73.6 cm³/mol. The fourth-order valence-electron chi connectivity index (χ4n) is 1.88. The Labute approximate surface area is 108 Å². The number of aryl methyl sites for hydroxylation is 1. The Morgan fingerprint density at radius 3 is 2.89 bits per heavy atom. The van der Waals surface area contributed by atoms with E-state index in [-0.39, 0.29) is 0 Å². The average molecular weight is 247 g/mol. The molecule has 0 radical (unpaired) electrons. The Kier molecular flexibility index (Phi) is 4.33. The zero-order valence-electron chi connectivity index (χ0n) is 11.3. The summed E-state index contributed by atoms with van der Waals surface area (Å²) in [6.45, 7) is 9.00. The summed E-state index contributed by atoms with van der Waals surface area (Å²) in [4.78, 5) is 4.33. The summed E-state index contributed by atoms with van der Waals surface area (Å²) in [6, 6.07) is 6.68. The molecule has 98 valence electrons. The summed E-state index contributed by atoms with van der Waals surface area (Å²) in [7, 11) is 0. The summed E-state index contributed by atoms with van der Waals surface area (Å²) in [5.74, 6) is 0.719. The van der Waals surface area contributed by atoms with E-state index in [1.165, 1.54) is 5.56 Å². The van der Waals surface area contributed by atoms with Gasteiger partial charge < -0.3 is 15.1 Å². The molecule has 0 bridgehead atoms. The molecule has 0 unspecified atom stereocenters. The van der Waals surface area contributed by atoms with Crippen LogP contribution < -0.4 is 10.6 Å². The van der Waals surface area contributed by atoms with Crippen molar-refractivity contribution in [3.05, 3.63) is 29.7 Å². The Balaban J connectivity index is 1.84. The number of benzene rings is 1. The fourth-order valence-corrected chi connectivity index (χ4v) is 1.88. The van der Waals surface area contributed by atoms with Crippen LogP contribution in [0, 0.1) is 6.92 Å². The Bertz CT molecular complexity index is 505. The van der Waals surface area contributed by atoms with Gasteiger partial charge in [-0.15, -0.1) is 0 Å². The van der Waals surface area contributed by atoms with Crippen molar-refractivity contribution >= 4 is 11.1 Å². The monoisotopic (exact) mass is 247 g/mol. The molecule has 1 heterocycles. The van der Waals surface area contributed by atoms with Crippen LogP contribution in [0.2, 0.25) is 0 Å². The molecule has 0 aliphatic rings. The highest BCUT2D eigenvalue weighted by atomic mass is 16.3. The topological polar surface area (TPSA) is 50.1 Å². The molecule has 0 amide bonds. The molecule has 2 N–H and O–H groups in total. The first kappa shape index (κ1) is 13.1. The molecular weight excluding hydrogens is 226 g/mol. The van der Waals surface area contributed by atoms with Crippen LogP contribution in [0.3, 0.4) is 0 Å². The first-order valence-electron chi connectivity index (χ1n) is 6.45. The van der Waals surface area contributed by atoms with E-state index in [0.29, 0.717) is 6.04 Å². The molecular formula is C14H21N3O. The minimum absolute atomic E-state index is 0.543. The van der Waals surface area contributed by atoms with Crippen LogP contribution in [0.15, 0.2) is 22.6 Å². The van der Waals surface area contributed by atoms with Crippen LogP contribution in [0.25, 0.3) is 11.1 Å². The zero-order chi connectivity index (χ0) is 13.0. The lowest BCUT2D eigenvalue weighted by molar-refractivity contribution is 0.555. The van der Waals surface area contributed by atoms with E-state index in [9.17, 15) is 0 Å². The van der Waals surface area contributed by atoms with Crippen molar-refractivity contribution in [2.75, 3.05) is 13.1 Å². The third kappa shape index (κ3) is 3.55. The van der Waals surface area contributed by atoms with E-state index in [1.54, 1.807) is 0 Å². The summed E-state index contributed by atoms with van der Waals surface area (Å²) < 4.78 is 5.45. The highest BCUT2D eigenvalue weighted by Crippen LogP contribution is 2.16. The first-order valence-corrected chi connectivity index (χ1v) is 6.45. The van der Waals surface area contributed by atoms with Gasteiger partial charge in [0.1, 0.15) is 5.52 Å². The maximum absolute atomic E-state index is 5.45. The number of oxazole rings is 1. The smallest absolute Gasteiger partial charge is 0.192 e. The predicted octanol–water partition coefficient (Wildman–Crippen LogP) is 2.22. The van der Waals surface area contributed by atoms with E-state index in [4.69, 9.17) is 4.42 Å². The van der Waals surface area contributed by atoms with E-state index >= 15 is 0 Å². The van der Waals surface area contributed by atoms with Gasteiger partial charge >= 0.3 is 0 Å². The minimum atomic E-state index is 0.543. The van der Waals surface area contributed by atoms with E-state index in [2.05, 4.69) is 41.6 Å². The molecule has 0 spiro atoms. The Hall–Kier alpha value is -1.39. The van der Waals surface area contributed by atoms with Crippen LogP contribution in [0.1, 0.15) is 25.3 Å². The number of aromatic nitrogens is 1. The molecule has 0 saturated carbocycles. The van der Waals surface area contributed by atoms with Crippen molar-refractivity contribution in [2.45, 2.75) is 33.4 Å². The summed E-state index contributed by atoms with van der Waals surface area (Å²) in [6.07, 6.45) is 0. The molecule has 18 heavy (non-hydrogen) atoms. The Morgan fingerprint density at radius 1 is 1.28 bits per heavy atom. The average Bonchev–Trinajstić information content (AvgIpc) is 2.67. The number of rotatable bonds is 6. The molecule has 0 atom stereocenters. The standard InChI is InChI=1S/C14H21N3O/c1-10(2)16-7-6-15-9-12-4-5-14-13(8-12)17-11(3)18-14/h4-5,8,10,15-16H,6-7,9H2,1-3H3. The molecule has 1 aromatic heterocycles. The molecule has 4 heteroatoms. The van der Waals surface area contributed by atoms with Gasteiger partial charge in [0.2, 0.25) is 0 Å². The normalized spacial score (nSPS) is 11.6. The summed E-state index contributed by atoms with van der Waals surface area (Å²) in [5, 5.41) is 6.78. The lowest BCUT2D eigenvalue weighted by Gasteiger charge is -2.08. The molecule has 0 saturated heterocycles. The number of fused-ring (bicyclic) bond motifs is 1. The lowest BCUT2D eigenvalue weighted by atomic mass is 10.2. The van der Waals surface area contributed by atoms with Gasteiger partial charge in [-0.2, -0.15) is 0 Å². The Morgan fingerprint density at radius 2 is 2.11 bits per heavy atom. The SMILES string of the molecule is Cc1nc2cc(CNCCNC(C)C)ccc2o1. The highest BCUT2D eigenvalue weighted by Gasteiger charge is 2.02. The maximum atomic E-state index is 5.45. The van der Waals surface area contributed by atoms with Crippen molar-refractivity contribution in [2.24, 2.45) is 0 Å². The fraction of sp³-hybridized carbons (Fsp3) is 0.500.